The molecule has 1 amide bonds. The number of hydrogen-bond acceptors (Lipinski definition) is 6. The van der Waals surface area contributed by atoms with Crippen LogP contribution < -0.4 is 5.32 Å². The fourth-order valence-corrected chi connectivity index (χ4v) is 1.16. The number of carbonyl (C=O) groups is 3. The van der Waals surface area contributed by atoms with Crippen molar-refractivity contribution < 1.29 is 34.1 Å². The zero-order valence-electron chi connectivity index (χ0n) is 11.3. The molecule has 1 unspecified atom stereocenters. The number of nitrogens with one attached hydrogen (secondary N) is 1. The van der Waals surface area contributed by atoms with E-state index in [1.807, 2.05) is 0 Å². The van der Waals surface area contributed by atoms with E-state index in [0.717, 1.165) is 6.08 Å². The van der Waals surface area contributed by atoms with Crippen LogP contribution in [0.3, 0.4) is 0 Å². The van der Waals surface area contributed by atoms with Crippen LogP contribution in [0.2, 0.25) is 0 Å². The van der Waals surface area contributed by atoms with Crippen LogP contribution in [0.5, 0.6) is 0 Å². The summed E-state index contributed by atoms with van der Waals surface area (Å²) in [5, 5.41) is 20.4. The molecule has 0 aromatic carbocycles. The summed E-state index contributed by atoms with van der Waals surface area (Å²) in [4.78, 5) is 33.0. The minimum atomic E-state index is -1.51. The summed E-state index contributed by atoms with van der Waals surface area (Å²) in [6, 6.07) is 0. The van der Waals surface area contributed by atoms with Crippen LogP contribution in [0, 0.1) is 5.41 Å². The zero-order valence-corrected chi connectivity index (χ0v) is 11.3. The maximum atomic E-state index is 11.3. The number of carboxylic acid groups (broad SMARTS) is 1. The van der Waals surface area contributed by atoms with Gasteiger partial charge in [-0.1, -0.05) is 13.5 Å². The average Bonchev–Trinajstić information content (AvgIpc) is 2.44. The molecule has 0 fully saturated rings. The second-order valence-electron chi connectivity index (χ2n) is 3.97. The third-order valence-electron chi connectivity index (χ3n) is 2.70. The Labute approximate surface area is 116 Å². The third-order valence-corrected chi connectivity index (χ3v) is 2.70. The van der Waals surface area contributed by atoms with Crippen molar-refractivity contribution in [1.82, 2.24) is 5.32 Å². The van der Waals surface area contributed by atoms with Gasteiger partial charge in [0.1, 0.15) is 18.6 Å². The second kappa shape index (κ2) is 8.92. The summed E-state index contributed by atoms with van der Waals surface area (Å²) in [6.45, 7) is 3.64. The molecule has 0 aliphatic heterocycles. The van der Waals surface area contributed by atoms with Crippen LogP contribution in [-0.2, 0) is 19.1 Å². The number of amides is 1. The monoisotopic (exact) mass is 289 g/mol. The van der Waals surface area contributed by atoms with Crippen LogP contribution in [-0.4, -0.2) is 54.6 Å². The maximum absolute atomic E-state index is 11.3. The van der Waals surface area contributed by atoms with Gasteiger partial charge in [-0.3, -0.25) is 4.79 Å². The van der Waals surface area contributed by atoms with E-state index in [-0.39, 0.29) is 19.6 Å². The molecule has 0 spiro atoms. The van der Waals surface area contributed by atoms with Gasteiger partial charge < -0.3 is 25.0 Å². The molecule has 0 aromatic heterocycles. The summed E-state index contributed by atoms with van der Waals surface area (Å²) >= 11 is 0. The summed E-state index contributed by atoms with van der Waals surface area (Å²) in [5.74, 6) is -1.86. The van der Waals surface area contributed by atoms with Crippen LogP contribution in [0.4, 0.5) is 4.79 Å². The number of hydrogen-bond donors (Lipinski definition) is 3. The molecule has 1 atom stereocenters. The first kappa shape index (κ1) is 17.9. The van der Waals surface area contributed by atoms with Crippen molar-refractivity contribution >= 4 is 18.0 Å². The van der Waals surface area contributed by atoms with Gasteiger partial charge in [0, 0.05) is 6.08 Å². The van der Waals surface area contributed by atoms with Gasteiger partial charge in [-0.15, -0.1) is 0 Å². The van der Waals surface area contributed by atoms with Gasteiger partial charge in [0.2, 0.25) is 0 Å². The summed E-state index contributed by atoms with van der Waals surface area (Å²) < 4.78 is 9.34. The van der Waals surface area contributed by atoms with E-state index in [4.69, 9.17) is 14.9 Å². The smallest absolute Gasteiger partial charge is 0.407 e. The van der Waals surface area contributed by atoms with Gasteiger partial charge in [0.25, 0.3) is 0 Å². The van der Waals surface area contributed by atoms with E-state index >= 15 is 0 Å². The lowest BCUT2D eigenvalue weighted by Gasteiger charge is -2.24. The summed E-state index contributed by atoms with van der Waals surface area (Å²) in [6.07, 6.45) is 0.248. The van der Waals surface area contributed by atoms with Gasteiger partial charge in [-0.25, -0.2) is 9.59 Å². The Morgan fingerprint density at radius 1 is 1.35 bits per heavy atom. The third kappa shape index (κ3) is 5.70. The fraction of sp³-hybridized carbons (Fsp3) is 0.583. The van der Waals surface area contributed by atoms with Crippen molar-refractivity contribution in [1.29, 1.82) is 0 Å². The Bertz CT molecular complexity index is 363. The van der Waals surface area contributed by atoms with Crippen LogP contribution in [0.25, 0.3) is 0 Å². The van der Waals surface area contributed by atoms with Crippen LogP contribution >= 0.6 is 0 Å². The SMILES string of the molecule is C=CC(=O)OCCNC(=O)OCC(CC)(CO)C(=O)O. The second-order valence-corrected chi connectivity index (χ2v) is 3.97. The number of ether oxygens (including phenoxy) is 2. The Kier molecular flexibility index (Phi) is 7.98. The van der Waals surface area contributed by atoms with Crippen LogP contribution in [0.15, 0.2) is 12.7 Å². The van der Waals surface area contributed by atoms with E-state index < -0.39 is 36.7 Å². The number of esters is 1. The quantitative estimate of drug-likeness (QED) is 0.308. The lowest BCUT2D eigenvalue weighted by Crippen LogP contribution is -2.41. The highest BCUT2D eigenvalue weighted by Crippen LogP contribution is 2.22. The molecule has 0 saturated carbocycles. The number of aliphatic hydroxyl groups is 1. The number of aliphatic carboxylic acids is 1. The average molecular weight is 289 g/mol. The van der Waals surface area contributed by atoms with E-state index in [1.54, 1.807) is 6.92 Å². The predicted molar refractivity (Wildman–Crippen MR) is 68.0 cm³/mol. The van der Waals surface area contributed by atoms with Crippen molar-refractivity contribution in [2.24, 2.45) is 5.41 Å². The lowest BCUT2D eigenvalue weighted by molar-refractivity contribution is -0.155. The minimum Gasteiger partial charge on any atom is -0.481 e. The van der Waals surface area contributed by atoms with Crippen molar-refractivity contribution in [3.8, 4) is 0 Å². The lowest BCUT2D eigenvalue weighted by atomic mass is 9.87. The van der Waals surface area contributed by atoms with Crippen molar-refractivity contribution in [2.75, 3.05) is 26.4 Å². The standard InChI is InChI=1S/C12H19NO7/c1-3-9(15)19-6-5-13-11(18)20-8-12(4-2,7-14)10(16)17/h3,14H,1,4-8H2,2H3,(H,13,18)(H,16,17). The van der Waals surface area contributed by atoms with E-state index in [2.05, 4.69) is 16.6 Å². The molecule has 0 aliphatic rings. The first-order valence-electron chi connectivity index (χ1n) is 5.96. The van der Waals surface area contributed by atoms with Gasteiger partial charge in [0.05, 0.1) is 13.2 Å². The zero-order chi connectivity index (χ0) is 15.6. The molecule has 0 saturated heterocycles. The van der Waals surface area contributed by atoms with E-state index in [1.165, 1.54) is 0 Å². The Hall–Kier alpha value is -2.09. The first-order valence-corrected chi connectivity index (χ1v) is 5.96. The topological polar surface area (TPSA) is 122 Å². The summed E-state index contributed by atoms with van der Waals surface area (Å²) in [7, 11) is 0. The molecular weight excluding hydrogens is 270 g/mol. The van der Waals surface area contributed by atoms with Crippen molar-refractivity contribution in [2.45, 2.75) is 13.3 Å². The van der Waals surface area contributed by atoms with Crippen molar-refractivity contribution in [3.63, 3.8) is 0 Å². The molecule has 8 heteroatoms. The first-order chi connectivity index (χ1) is 9.41. The molecule has 0 bridgehead atoms. The highest BCUT2D eigenvalue weighted by atomic mass is 16.6. The van der Waals surface area contributed by atoms with Gasteiger partial charge in [-0.05, 0) is 6.42 Å². The van der Waals surface area contributed by atoms with Gasteiger partial charge >= 0.3 is 18.0 Å². The van der Waals surface area contributed by atoms with Crippen LogP contribution in [0.1, 0.15) is 13.3 Å². The molecule has 114 valence electrons. The fourth-order valence-electron chi connectivity index (χ4n) is 1.16. The molecule has 20 heavy (non-hydrogen) atoms. The highest BCUT2D eigenvalue weighted by Gasteiger charge is 2.37. The van der Waals surface area contributed by atoms with Crippen molar-refractivity contribution in [3.05, 3.63) is 12.7 Å². The molecule has 0 radical (unpaired) electrons. The summed E-state index contributed by atoms with van der Waals surface area (Å²) in [5.41, 5.74) is -1.51. The Balaban J connectivity index is 4.06. The number of alkyl carbamates (subject to hydrolysis) is 1. The number of rotatable bonds is 9. The number of carbonyl (C=O) groups excluding carboxylic acids is 2. The largest absolute Gasteiger partial charge is 0.481 e. The number of carboxylic acids is 1. The predicted octanol–water partition coefficient (Wildman–Crippen LogP) is -0.0849. The maximum Gasteiger partial charge on any atom is 0.407 e. The van der Waals surface area contributed by atoms with Gasteiger partial charge in [-0.2, -0.15) is 0 Å². The van der Waals surface area contributed by atoms with Gasteiger partial charge in [0.15, 0.2) is 0 Å². The Morgan fingerprint density at radius 3 is 2.45 bits per heavy atom. The Morgan fingerprint density at radius 2 is 2.00 bits per heavy atom. The minimum absolute atomic E-state index is 0.0176. The molecule has 0 aliphatic carbocycles. The molecule has 0 rings (SSSR count). The molecule has 8 nitrogen and oxygen atoms in total. The normalized spacial score (nSPS) is 12.9. The highest BCUT2D eigenvalue weighted by molar-refractivity contribution is 5.81. The van der Waals surface area contributed by atoms with E-state index in [0.29, 0.717) is 0 Å². The molecule has 0 aromatic rings. The number of aliphatic hydroxyl groups excluding tert-OH is 1. The molecule has 0 heterocycles. The molecular formula is C12H19NO7. The van der Waals surface area contributed by atoms with E-state index in [9.17, 15) is 14.4 Å². The molecule has 3 N–H and O–H groups in total.